The third-order valence-electron chi connectivity index (χ3n) is 7.41. The third kappa shape index (κ3) is 3.17. The van der Waals surface area contributed by atoms with Crippen molar-refractivity contribution in [3.05, 3.63) is 36.2 Å². The normalized spacial score (nSPS) is 28.4. The summed E-state index contributed by atoms with van der Waals surface area (Å²) in [6.07, 6.45) is 5.50. The Balaban J connectivity index is 1.27. The van der Waals surface area contributed by atoms with E-state index >= 15 is 0 Å². The minimum Gasteiger partial charge on any atom is -0.421 e. The standard InChI is InChI=1S/C22H29N3O2/c1-21(2)16-12-13-22(21,3)17(14-16)23-18(26)10-7-11-19-24-25-20(27-19)15-8-5-4-6-9-15/h4-6,8-9,16-17H,7,10-14H2,1-3H3,(H,23,26). The van der Waals surface area contributed by atoms with Crippen molar-refractivity contribution in [3.8, 4) is 11.5 Å². The zero-order chi connectivity index (χ0) is 19.1. The molecule has 1 N–H and O–H groups in total. The minimum absolute atomic E-state index is 0.146. The highest BCUT2D eigenvalue weighted by Gasteiger charge is 2.61. The van der Waals surface area contributed by atoms with Crippen LogP contribution in [-0.4, -0.2) is 22.1 Å². The maximum atomic E-state index is 12.5. The van der Waals surface area contributed by atoms with Crippen LogP contribution in [0.25, 0.3) is 11.5 Å². The maximum Gasteiger partial charge on any atom is 0.247 e. The van der Waals surface area contributed by atoms with E-state index in [9.17, 15) is 4.79 Å². The van der Waals surface area contributed by atoms with Gasteiger partial charge in [-0.3, -0.25) is 4.79 Å². The van der Waals surface area contributed by atoms with Crippen LogP contribution in [-0.2, 0) is 11.2 Å². The van der Waals surface area contributed by atoms with E-state index in [0.29, 0.717) is 36.1 Å². The number of hydrogen-bond acceptors (Lipinski definition) is 4. The van der Waals surface area contributed by atoms with Crippen molar-refractivity contribution in [2.45, 2.75) is 65.3 Å². The number of rotatable bonds is 6. The van der Waals surface area contributed by atoms with Crippen molar-refractivity contribution in [1.29, 1.82) is 0 Å². The molecule has 1 heterocycles. The Bertz CT molecular complexity index is 814. The molecule has 4 rings (SSSR count). The Morgan fingerprint density at radius 1 is 1.22 bits per heavy atom. The Labute approximate surface area is 160 Å². The lowest BCUT2D eigenvalue weighted by Gasteiger charge is -2.39. The number of carbonyl (C=O) groups is 1. The number of aryl methyl sites for hydroxylation is 1. The van der Waals surface area contributed by atoms with Crippen LogP contribution < -0.4 is 5.32 Å². The van der Waals surface area contributed by atoms with E-state index in [4.69, 9.17) is 4.42 Å². The fourth-order valence-corrected chi connectivity index (χ4v) is 5.14. The van der Waals surface area contributed by atoms with Gasteiger partial charge in [0.05, 0.1) is 0 Å². The molecule has 1 amide bonds. The summed E-state index contributed by atoms with van der Waals surface area (Å²) in [5, 5.41) is 11.5. The van der Waals surface area contributed by atoms with Crippen LogP contribution >= 0.6 is 0 Å². The first kappa shape index (κ1) is 18.2. The van der Waals surface area contributed by atoms with Crippen molar-refractivity contribution >= 4 is 5.91 Å². The number of amides is 1. The van der Waals surface area contributed by atoms with Crippen molar-refractivity contribution in [2.24, 2.45) is 16.7 Å². The van der Waals surface area contributed by atoms with Crippen LogP contribution in [0.5, 0.6) is 0 Å². The molecule has 2 aromatic rings. The molecular weight excluding hydrogens is 338 g/mol. The van der Waals surface area contributed by atoms with Gasteiger partial charge in [-0.15, -0.1) is 10.2 Å². The molecular formula is C22H29N3O2. The smallest absolute Gasteiger partial charge is 0.247 e. The van der Waals surface area contributed by atoms with Crippen LogP contribution in [0.4, 0.5) is 0 Å². The lowest BCUT2D eigenvalue weighted by molar-refractivity contribution is -0.122. The van der Waals surface area contributed by atoms with Crippen molar-refractivity contribution < 1.29 is 9.21 Å². The van der Waals surface area contributed by atoms with E-state index in [1.54, 1.807) is 0 Å². The fraction of sp³-hybridized carbons (Fsp3) is 0.591. The summed E-state index contributed by atoms with van der Waals surface area (Å²) in [6.45, 7) is 7.10. The number of nitrogens with zero attached hydrogens (tertiary/aromatic N) is 2. The molecule has 5 heteroatoms. The predicted molar refractivity (Wildman–Crippen MR) is 104 cm³/mol. The number of fused-ring (bicyclic) bond motifs is 2. The number of aromatic nitrogens is 2. The summed E-state index contributed by atoms with van der Waals surface area (Å²) in [5.41, 5.74) is 1.47. The molecule has 1 aromatic heterocycles. The monoisotopic (exact) mass is 367 g/mol. The first-order valence-corrected chi connectivity index (χ1v) is 10.1. The molecule has 5 nitrogen and oxygen atoms in total. The summed E-state index contributed by atoms with van der Waals surface area (Å²) >= 11 is 0. The first-order chi connectivity index (χ1) is 12.9. The highest BCUT2D eigenvalue weighted by molar-refractivity contribution is 5.76. The van der Waals surface area contributed by atoms with E-state index < -0.39 is 0 Å². The number of benzene rings is 1. The van der Waals surface area contributed by atoms with Crippen LogP contribution in [0, 0.1) is 16.7 Å². The second kappa shape index (κ2) is 6.77. The number of carbonyl (C=O) groups excluding carboxylic acids is 1. The molecule has 27 heavy (non-hydrogen) atoms. The predicted octanol–water partition coefficient (Wildman–Crippen LogP) is 4.39. The maximum absolute atomic E-state index is 12.5. The van der Waals surface area contributed by atoms with Gasteiger partial charge in [-0.05, 0) is 54.6 Å². The van der Waals surface area contributed by atoms with Crippen LogP contribution in [0.15, 0.2) is 34.7 Å². The van der Waals surface area contributed by atoms with E-state index in [2.05, 4.69) is 36.3 Å². The third-order valence-corrected chi connectivity index (χ3v) is 7.41. The van der Waals surface area contributed by atoms with Crippen molar-refractivity contribution in [1.82, 2.24) is 15.5 Å². The van der Waals surface area contributed by atoms with Gasteiger partial charge < -0.3 is 9.73 Å². The molecule has 0 spiro atoms. The highest BCUT2D eigenvalue weighted by Crippen LogP contribution is 2.65. The van der Waals surface area contributed by atoms with E-state index in [-0.39, 0.29) is 11.3 Å². The molecule has 2 bridgehead atoms. The molecule has 3 atom stereocenters. The van der Waals surface area contributed by atoms with Gasteiger partial charge in [0.2, 0.25) is 17.7 Å². The van der Waals surface area contributed by atoms with Gasteiger partial charge in [0.25, 0.3) is 0 Å². The summed E-state index contributed by atoms with van der Waals surface area (Å²) < 4.78 is 5.71. The number of nitrogens with one attached hydrogen (secondary N) is 1. The minimum atomic E-state index is 0.146. The van der Waals surface area contributed by atoms with Gasteiger partial charge in [-0.2, -0.15) is 0 Å². The average molecular weight is 367 g/mol. The second-order valence-electron chi connectivity index (χ2n) is 8.95. The largest absolute Gasteiger partial charge is 0.421 e. The molecule has 1 aromatic carbocycles. The Hall–Kier alpha value is -2.17. The summed E-state index contributed by atoms with van der Waals surface area (Å²) in [7, 11) is 0. The van der Waals surface area contributed by atoms with Gasteiger partial charge in [-0.25, -0.2) is 0 Å². The molecule has 2 fully saturated rings. The van der Waals surface area contributed by atoms with Crippen LogP contribution in [0.1, 0.15) is 58.8 Å². The average Bonchev–Trinajstić information content (AvgIpc) is 3.25. The summed E-state index contributed by atoms with van der Waals surface area (Å²) in [5.74, 6) is 2.01. The Kier molecular flexibility index (Phi) is 4.57. The van der Waals surface area contributed by atoms with Gasteiger partial charge in [0, 0.05) is 24.4 Å². The fourth-order valence-electron chi connectivity index (χ4n) is 5.14. The van der Waals surface area contributed by atoms with Crippen LogP contribution in [0.2, 0.25) is 0 Å². The Morgan fingerprint density at radius 3 is 2.67 bits per heavy atom. The highest BCUT2D eigenvalue weighted by atomic mass is 16.4. The number of hydrogen-bond donors (Lipinski definition) is 1. The lowest BCUT2D eigenvalue weighted by atomic mass is 9.69. The van der Waals surface area contributed by atoms with E-state index in [1.165, 1.54) is 12.8 Å². The van der Waals surface area contributed by atoms with Gasteiger partial charge >= 0.3 is 0 Å². The zero-order valence-electron chi connectivity index (χ0n) is 16.5. The van der Waals surface area contributed by atoms with Crippen LogP contribution in [0.3, 0.4) is 0 Å². The SMILES string of the molecule is CC1(C)C2CCC1(C)C(NC(=O)CCCc1nnc(-c3ccccc3)o1)C2. The lowest BCUT2D eigenvalue weighted by Crippen LogP contribution is -2.46. The van der Waals surface area contributed by atoms with Gasteiger partial charge in [0.15, 0.2) is 0 Å². The summed E-state index contributed by atoms with van der Waals surface area (Å²) in [6, 6.07) is 10.1. The molecule has 144 valence electrons. The molecule has 0 aliphatic heterocycles. The molecule has 0 saturated heterocycles. The molecule has 3 unspecified atom stereocenters. The van der Waals surface area contributed by atoms with E-state index in [0.717, 1.165) is 24.3 Å². The van der Waals surface area contributed by atoms with Crippen molar-refractivity contribution in [2.75, 3.05) is 0 Å². The first-order valence-electron chi connectivity index (χ1n) is 10.1. The molecule has 0 radical (unpaired) electrons. The van der Waals surface area contributed by atoms with Crippen molar-refractivity contribution in [3.63, 3.8) is 0 Å². The quantitative estimate of drug-likeness (QED) is 0.822. The molecule has 2 saturated carbocycles. The Morgan fingerprint density at radius 2 is 2.00 bits per heavy atom. The topological polar surface area (TPSA) is 68.0 Å². The van der Waals surface area contributed by atoms with Gasteiger partial charge in [0.1, 0.15) is 0 Å². The van der Waals surface area contributed by atoms with Gasteiger partial charge in [-0.1, -0.05) is 39.0 Å². The molecule has 2 aliphatic rings. The zero-order valence-corrected chi connectivity index (χ0v) is 16.5. The summed E-state index contributed by atoms with van der Waals surface area (Å²) in [4.78, 5) is 12.5. The second-order valence-corrected chi connectivity index (χ2v) is 8.95. The molecule has 2 aliphatic carbocycles. The van der Waals surface area contributed by atoms with E-state index in [1.807, 2.05) is 30.3 Å².